The third-order valence-electron chi connectivity index (χ3n) is 3.73. The van der Waals surface area contributed by atoms with Crippen LogP contribution in [0.25, 0.3) is 0 Å². The number of nitrogens with one attached hydrogen (secondary N) is 2. The van der Waals surface area contributed by atoms with Crippen molar-refractivity contribution in [1.29, 1.82) is 0 Å². The molecule has 1 saturated heterocycles. The van der Waals surface area contributed by atoms with E-state index in [2.05, 4.69) is 25.5 Å². The molecule has 0 aliphatic carbocycles. The molecule has 0 bridgehead atoms. The van der Waals surface area contributed by atoms with E-state index in [1.165, 1.54) is 0 Å². The van der Waals surface area contributed by atoms with Crippen molar-refractivity contribution in [3.05, 3.63) is 48.4 Å². The molecule has 3 heterocycles. The van der Waals surface area contributed by atoms with E-state index in [0.29, 0.717) is 18.7 Å². The summed E-state index contributed by atoms with van der Waals surface area (Å²) >= 11 is 0. The number of pyridine rings is 2. The number of amides is 2. The summed E-state index contributed by atoms with van der Waals surface area (Å²) in [4.78, 5) is 22.7. The van der Waals surface area contributed by atoms with E-state index in [0.717, 1.165) is 37.8 Å². The lowest BCUT2D eigenvalue weighted by Gasteiger charge is -2.27. The summed E-state index contributed by atoms with van der Waals surface area (Å²) in [6.45, 7) is 3.66. The van der Waals surface area contributed by atoms with Gasteiger partial charge in [-0.05, 0) is 24.3 Å². The van der Waals surface area contributed by atoms with E-state index in [1.807, 2.05) is 30.3 Å². The Hall–Kier alpha value is -2.67. The van der Waals surface area contributed by atoms with Crippen LogP contribution in [0.1, 0.15) is 5.69 Å². The molecule has 0 saturated carbocycles. The summed E-state index contributed by atoms with van der Waals surface area (Å²) in [5, 5.41) is 5.60. The number of anilines is 2. The Morgan fingerprint density at radius 3 is 2.75 bits per heavy atom. The second-order valence-corrected chi connectivity index (χ2v) is 5.46. The van der Waals surface area contributed by atoms with Crippen LogP contribution >= 0.6 is 0 Å². The van der Waals surface area contributed by atoms with Crippen molar-refractivity contribution >= 4 is 17.5 Å². The number of ether oxygens (including phenoxy) is 1. The van der Waals surface area contributed by atoms with Crippen LogP contribution in [0.15, 0.2) is 42.7 Å². The van der Waals surface area contributed by atoms with Crippen LogP contribution in [0.5, 0.6) is 0 Å². The first-order valence-electron chi connectivity index (χ1n) is 8.05. The molecule has 0 radical (unpaired) electrons. The first-order chi connectivity index (χ1) is 11.8. The minimum Gasteiger partial charge on any atom is -0.378 e. The van der Waals surface area contributed by atoms with Crippen LogP contribution in [0.4, 0.5) is 16.3 Å². The molecule has 2 amide bonds. The van der Waals surface area contributed by atoms with Crippen LogP contribution in [0.2, 0.25) is 0 Å². The van der Waals surface area contributed by atoms with E-state index in [1.54, 1.807) is 12.4 Å². The molecule has 7 nitrogen and oxygen atoms in total. The van der Waals surface area contributed by atoms with Gasteiger partial charge in [0.05, 0.1) is 25.1 Å². The first kappa shape index (κ1) is 16.2. The lowest BCUT2D eigenvalue weighted by Crippen LogP contribution is -2.36. The maximum atomic E-state index is 11.9. The van der Waals surface area contributed by atoms with Gasteiger partial charge in [0.1, 0.15) is 5.82 Å². The molecule has 2 N–H and O–H groups in total. The fourth-order valence-corrected chi connectivity index (χ4v) is 2.46. The maximum Gasteiger partial charge on any atom is 0.319 e. The molecule has 1 aliphatic heterocycles. The van der Waals surface area contributed by atoms with Crippen molar-refractivity contribution in [3.8, 4) is 0 Å². The molecular weight excluding hydrogens is 306 g/mol. The average Bonchev–Trinajstić information content (AvgIpc) is 2.64. The van der Waals surface area contributed by atoms with E-state index in [-0.39, 0.29) is 6.03 Å². The summed E-state index contributed by atoms with van der Waals surface area (Å²) in [7, 11) is 0. The van der Waals surface area contributed by atoms with Gasteiger partial charge in [-0.2, -0.15) is 0 Å². The zero-order chi connectivity index (χ0) is 16.6. The normalized spacial score (nSPS) is 14.2. The van der Waals surface area contributed by atoms with E-state index in [9.17, 15) is 4.79 Å². The van der Waals surface area contributed by atoms with Crippen LogP contribution < -0.4 is 15.5 Å². The Kier molecular flexibility index (Phi) is 5.57. The van der Waals surface area contributed by atoms with Crippen LogP contribution in [0, 0.1) is 0 Å². The molecular formula is C17H21N5O2. The van der Waals surface area contributed by atoms with Gasteiger partial charge in [-0.25, -0.2) is 9.78 Å². The molecule has 2 aromatic heterocycles. The van der Waals surface area contributed by atoms with Gasteiger partial charge in [0.25, 0.3) is 0 Å². The second-order valence-electron chi connectivity index (χ2n) is 5.46. The SMILES string of the molecule is O=C(NCCc1ccccn1)Nc1ccc(N2CCOCC2)nc1. The standard InChI is InChI=1S/C17H21N5O2/c23-17(19-8-6-14-3-1-2-7-18-14)21-15-4-5-16(20-13-15)22-9-11-24-12-10-22/h1-5,7,13H,6,8-12H2,(H2,19,21,23). The third kappa shape index (κ3) is 4.66. The Bertz CT molecular complexity index is 642. The summed E-state index contributed by atoms with van der Waals surface area (Å²) in [6, 6.07) is 9.27. The summed E-state index contributed by atoms with van der Waals surface area (Å²) in [5.41, 5.74) is 1.62. The topological polar surface area (TPSA) is 79.4 Å². The smallest absolute Gasteiger partial charge is 0.319 e. The quantitative estimate of drug-likeness (QED) is 0.873. The number of aromatic nitrogens is 2. The van der Waals surface area contributed by atoms with Gasteiger partial charge in [0.15, 0.2) is 0 Å². The number of hydrogen-bond donors (Lipinski definition) is 2. The molecule has 1 aliphatic rings. The van der Waals surface area contributed by atoms with Crippen molar-refractivity contribution < 1.29 is 9.53 Å². The van der Waals surface area contributed by atoms with E-state index >= 15 is 0 Å². The van der Waals surface area contributed by atoms with Gasteiger partial charge in [-0.3, -0.25) is 4.98 Å². The number of rotatable bonds is 5. The van der Waals surface area contributed by atoms with Gasteiger partial charge in [0.2, 0.25) is 0 Å². The highest BCUT2D eigenvalue weighted by atomic mass is 16.5. The molecule has 126 valence electrons. The number of urea groups is 1. The van der Waals surface area contributed by atoms with Crippen molar-refractivity contribution in [1.82, 2.24) is 15.3 Å². The molecule has 0 aromatic carbocycles. The molecule has 24 heavy (non-hydrogen) atoms. The lowest BCUT2D eigenvalue weighted by atomic mass is 10.3. The first-order valence-corrected chi connectivity index (χ1v) is 8.05. The molecule has 1 fully saturated rings. The number of hydrogen-bond acceptors (Lipinski definition) is 5. The predicted molar refractivity (Wildman–Crippen MR) is 92.2 cm³/mol. The fourth-order valence-electron chi connectivity index (χ4n) is 2.46. The van der Waals surface area contributed by atoms with Gasteiger partial charge < -0.3 is 20.3 Å². The van der Waals surface area contributed by atoms with Crippen LogP contribution in [-0.2, 0) is 11.2 Å². The number of carbonyl (C=O) groups is 1. The molecule has 0 spiro atoms. The summed E-state index contributed by atoms with van der Waals surface area (Å²) < 4.78 is 5.33. The molecule has 2 aromatic rings. The van der Waals surface area contributed by atoms with Gasteiger partial charge in [0, 0.05) is 37.9 Å². The Morgan fingerprint density at radius 2 is 2.04 bits per heavy atom. The number of morpholine rings is 1. The van der Waals surface area contributed by atoms with Gasteiger partial charge in [-0.15, -0.1) is 0 Å². The average molecular weight is 327 g/mol. The van der Waals surface area contributed by atoms with Gasteiger partial charge >= 0.3 is 6.03 Å². The van der Waals surface area contributed by atoms with Crippen molar-refractivity contribution in [3.63, 3.8) is 0 Å². The lowest BCUT2D eigenvalue weighted by molar-refractivity contribution is 0.122. The van der Waals surface area contributed by atoms with E-state index in [4.69, 9.17) is 4.74 Å². The summed E-state index contributed by atoms with van der Waals surface area (Å²) in [5.74, 6) is 0.902. The summed E-state index contributed by atoms with van der Waals surface area (Å²) in [6.07, 6.45) is 4.11. The monoisotopic (exact) mass is 327 g/mol. The maximum absolute atomic E-state index is 11.9. The van der Waals surface area contributed by atoms with Crippen molar-refractivity contribution in [2.75, 3.05) is 43.1 Å². The van der Waals surface area contributed by atoms with Crippen LogP contribution in [-0.4, -0.2) is 48.8 Å². The Morgan fingerprint density at radius 1 is 1.17 bits per heavy atom. The minimum atomic E-state index is -0.244. The second kappa shape index (κ2) is 8.26. The molecule has 7 heteroatoms. The molecule has 0 atom stereocenters. The predicted octanol–water partition coefficient (Wildman–Crippen LogP) is 1.68. The third-order valence-corrected chi connectivity index (χ3v) is 3.73. The fraction of sp³-hybridized carbons (Fsp3) is 0.353. The zero-order valence-corrected chi connectivity index (χ0v) is 13.4. The molecule has 0 unspecified atom stereocenters. The van der Waals surface area contributed by atoms with E-state index < -0.39 is 0 Å². The zero-order valence-electron chi connectivity index (χ0n) is 13.4. The largest absolute Gasteiger partial charge is 0.378 e. The highest BCUT2D eigenvalue weighted by molar-refractivity contribution is 5.89. The molecule has 3 rings (SSSR count). The Balaban J connectivity index is 1.44. The van der Waals surface area contributed by atoms with Crippen LogP contribution in [0.3, 0.4) is 0 Å². The highest BCUT2D eigenvalue weighted by Crippen LogP contribution is 2.15. The minimum absolute atomic E-state index is 0.244. The van der Waals surface area contributed by atoms with Gasteiger partial charge in [-0.1, -0.05) is 6.07 Å². The number of nitrogens with zero attached hydrogens (tertiary/aromatic N) is 3. The number of carbonyl (C=O) groups excluding carboxylic acids is 1. The highest BCUT2D eigenvalue weighted by Gasteiger charge is 2.12. The van der Waals surface area contributed by atoms with Crippen molar-refractivity contribution in [2.24, 2.45) is 0 Å². The Labute approximate surface area is 141 Å². The van der Waals surface area contributed by atoms with Crippen molar-refractivity contribution in [2.45, 2.75) is 6.42 Å².